The van der Waals surface area contributed by atoms with E-state index in [0.717, 1.165) is 0 Å². The fourth-order valence-electron chi connectivity index (χ4n) is 1.57. The van der Waals surface area contributed by atoms with E-state index in [2.05, 4.69) is 5.32 Å². The molecule has 0 aromatic heterocycles. The summed E-state index contributed by atoms with van der Waals surface area (Å²) in [5.74, 6) is -0.121. The van der Waals surface area contributed by atoms with Gasteiger partial charge in [0.1, 0.15) is 10.6 Å². The smallest absolute Gasteiger partial charge is 0.339 e. The molecule has 0 aliphatic rings. The van der Waals surface area contributed by atoms with Gasteiger partial charge in [-0.15, -0.1) is 0 Å². The number of amides is 1. The minimum Gasteiger partial charge on any atom is -0.379 e. The first-order valence-electron chi connectivity index (χ1n) is 6.11. The van der Waals surface area contributed by atoms with Gasteiger partial charge >= 0.3 is 10.1 Å². The Balaban J connectivity index is 2.15. The molecule has 3 N–H and O–H groups in total. The van der Waals surface area contributed by atoms with Crippen LogP contribution in [0.4, 0.5) is 5.69 Å². The Morgan fingerprint density at radius 1 is 1.05 bits per heavy atom. The lowest BCUT2D eigenvalue weighted by Crippen LogP contribution is -2.21. The van der Waals surface area contributed by atoms with E-state index in [1.807, 2.05) is 0 Å². The third-order valence-electron chi connectivity index (χ3n) is 2.56. The predicted molar refractivity (Wildman–Crippen MR) is 78.4 cm³/mol. The van der Waals surface area contributed by atoms with Gasteiger partial charge < -0.3 is 15.2 Å². The van der Waals surface area contributed by atoms with Crippen LogP contribution in [-0.4, -0.2) is 20.9 Å². The van der Waals surface area contributed by atoms with Crippen LogP contribution in [0.2, 0.25) is 0 Å². The lowest BCUT2D eigenvalue weighted by Gasteiger charge is -2.08. The summed E-state index contributed by atoms with van der Waals surface area (Å²) in [6.07, 6.45) is 0. The van der Waals surface area contributed by atoms with E-state index < -0.39 is 10.1 Å². The summed E-state index contributed by atoms with van der Waals surface area (Å²) >= 11 is 0. The van der Waals surface area contributed by atoms with Crippen LogP contribution in [0.15, 0.2) is 59.5 Å². The molecule has 1 amide bonds. The second kappa shape index (κ2) is 6.38. The fraction of sp³-hybridized carbons (Fsp3) is 0.0714. The van der Waals surface area contributed by atoms with E-state index >= 15 is 0 Å². The molecule has 0 spiro atoms. The Bertz CT molecular complexity index is 712. The van der Waals surface area contributed by atoms with Gasteiger partial charge in [-0.2, -0.15) is 8.42 Å². The van der Waals surface area contributed by atoms with Crippen LogP contribution in [0.1, 0.15) is 0 Å². The van der Waals surface area contributed by atoms with E-state index in [0.29, 0.717) is 5.69 Å². The molecule has 0 saturated heterocycles. The molecule has 0 aliphatic heterocycles. The highest BCUT2D eigenvalue weighted by Gasteiger charge is 2.16. The number of hydrogen-bond acceptors (Lipinski definition) is 5. The molecule has 2 aromatic carbocycles. The Morgan fingerprint density at radius 2 is 1.67 bits per heavy atom. The van der Waals surface area contributed by atoms with Crippen LogP contribution < -0.4 is 15.2 Å². The molecule has 7 heteroatoms. The summed E-state index contributed by atoms with van der Waals surface area (Å²) in [6.45, 7) is -0.142. The summed E-state index contributed by atoms with van der Waals surface area (Å²) in [4.78, 5) is 11.1. The predicted octanol–water partition coefficient (Wildman–Crippen LogP) is 1.35. The zero-order valence-electron chi connectivity index (χ0n) is 11.0. The first-order chi connectivity index (χ1) is 10.0. The van der Waals surface area contributed by atoms with Crippen molar-refractivity contribution in [2.24, 2.45) is 5.73 Å². The Kier molecular flexibility index (Phi) is 4.56. The molecule has 0 heterocycles. The van der Waals surface area contributed by atoms with Gasteiger partial charge in [0.2, 0.25) is 5.91 Å². The summed E-state index contributed by atoms with van der Waals surface area (Å²) in [7, 11) is -3.90. The molecule has 2 rings (SSSR count). The average Bonchev–Trinajstić information content (AvgIpc) is 2.48. The first-order valence-corrected chi connectivity index (χ1v) is 7.51. The van der Waals surface area contributed by atoms with Crippen molar-refractivity contribution in [3.05, 3.63) is 54.6 Å². The molecule has 21 heavy (non-hydrogen) atoms. The summed E-state index contributed by atoms with van der Waals surface area (Å²) in [5, 5.41) is 2.52. The molecular weight excluding hydrogens is 292 g/mol. The zero-order chi connectivity index (χ0) is 15.3. The van der Waals surface area contributed by atoms with Crippen LogP contribution in [0.3, 0.4) is 0 Å². The maximum Gasteiger partial charge on any atom is 0.339 e. The number of hydrogen-bond donors (Lipinski definition) is 2. The third kappa shape index (κ3) is 4.04. The van der Waals surface area contributed by atoms with Gasteiger partial charge in [0.15, 0.2) is 0 Å². The minimum absolute atomic E-state index is 0.00268. The van der Waals surface area contributed by atoms with Gasteiger partial charge in [-0.1, -0.05) is 18.2 Å². The number of carbonyl (C=O) groups excluding carboxylic acids is 1. The van der Waals surface area contributed by atoms with Crippen molar-refractivity contribution < 1.29 is 17.4 Å². The van der Waals surface area contributed by atoms with Crippen molar-refractivity contribution >= 4 is 21.7 Å². The molecule has 0 unspecified atom stereocenters. The van der Waals surface area contributed by atoms with E-state index in [1.165, 1.54) is 24.3 Å². The van der Waals surface area contributed by atoms with E-state index in [4.69, 9.17) is 9.92 Å². The number of benzene rings is 2. The first kappa shape index (κ1) is 15.0. The van der Waals surface area contributed by atoms with Crippen molar-refractivity contribution in [3.63, 3.8) is 0 Å². The Morgan fingerprint density at radius 3 is 2.24 bits per heavy atom. The van der Waals surface area contributed by atoms with Crippen molar-refractivity contribution in [2.75, 3.05) is 11.9 Å². The van der Waals surface area contributed by atoms with Crippen LogP contribution in [0, 0.1) is 0 Å². The number of para-hydroxylation sites is 1. The third-order valence-corrected chi connectivity index (χ3v) is 3.82. The highest BCUT2D eigenvalue weighted by atomic mass is 32.2. The largest absolute Gasteiger partial charge is 0.379 e. The average molecular weight is 306 g/mol. The summed E-state index contributed by atoms with van der Waals surface area (Å²) in [6, 6.07) is 13.8. The van der Waals surface area contributed by atoms with Crippen molar-refractivity contribution in [2.45, 2.75) is 4.90 Å². The number of carbonyl (C=O) groups is 1. The highest BCUT2D eigenvalue weighted by molar-refractivity contribution is 7.87. The number of nitrogens with one attached hydrogen (secondary N) is 1. The number of rotatable bonds is 5. The SMILES string of the molecule is NCC(=O)Nc1ccc(S(=O)(=O)Oc2ccccc2)cc1. The molecule has 0 aliphatic carbocycles. The monoisotopic (exact) mass is 306 g/mol. The fourth-order valence-corrected chi connectivity index (χ4v) is 2.50. The van der Waals surface area contributed by atoms with Crippen molar-refractivity contribution in [3.8, 4) is 5.75 Å². The standard InChI is InChI=1S/C14H14N2O4S/c15-10-14(17)16-11-6-8-13(9-7-11)21(18,19)20-12-4-2-1-3-5-12/h1-9H,10,15H2,(H,16,17). The van der Waals surface area contributed by atoms with Crippen LogP contribution in [-0.2, 0) is 14.9 Å². The van der Waals surface area contributed by atoms with Gasteiger partial charge in [0.05, 0.1) is 6.54 Å². The van der Waals surface area contributed by atoms with Crippen LogP contribution in [0.25, 0.3) is 0 Å². The Labute approximate surface area is 122 Å². The van der Waals surface area contributed by atoms with Crippen molar-refractivity contribution in [1.29, 1.82) is 0 Å². The van der Waals surface area contributed by atoms with Gasteiger partial charge in [-0.25, -0.2) is 0 Å². The molecule has 2 aromatic rings. The van der Waals surface area contributed by atoms with Gasteiger partial charge in [-0.05, 0) is 36.4 Å². The van der Waals surface area contributed by atoms with Crippen molar-refractivity contribution in [1.82, 2.24) is 0 Å². The lowest BCUT2D eigenvalue weighted by molar-refractivity contribution is -0.114. The molecule has 110 valence electrons. The normalized spacial score (nSPS) is 10.9. The molecule has 0 atom stereocenters. The maximum atomic E-state index is 12.1. The molecular formula is C14H14N2O4S. The quantitative estimate of drug-likeness (QED) is 0.812. The molecule has 0 fully saturated rings. The second-order valence-electron chi connectivity index (χ2n) is 4.13. The summed E-state index contributed by atoms with van der Waals surface area (Å²) in [5.41, 5.74) is 5.64. The topological polar surface area (TPSA) is 98.5 Å². The second-order valence-corrected chi connectivity index (χ2v) is 5.67. The molecule has 0 bridgehead atoms. The molecule has 6 nitrogen and oxygen atoms in total. The number of anilines is 1. The van der Waals surface area contributed by atoms with Gasteiger partial charge in [0, 0.05) is 5.69 Å². The highest BCUT2D eigenvalue weighted by Crippen LogP contribution is 2.19. The van der Waals surface area contributed by atoms with Gasteiger partial charge in [-0.3, -0.25) is 4.79 Å². The summed E-state index contributed by atoms with van der Waals surface area (Å²) < 4.78 is 29.1. The van der Waals surface area contributed by atoms with Gasteiger partial charge in [0.25, 0.3) is 0 Å². The number of nitrogens with two attached hydrogens (primary N) is 1. The Hall–Kier alpha value is -2.38. The lowest BCUT2D eigenvalue weighted by atomic mass is 10.3. The minimum atomic E-state index is -3.90. The van der Waals surface area contributed by atoms with E-state index in [1.54, 1.807) is 30.3 Å². The molecule has 0 radical (unpaired) electrons. The van der Waals surface area contributed by atoms with E-state index in [9.17, 15) is 13.2 Å². The van der Waals surface area contributed by atoms with Crippen LogP contribution >= 0.6 is 0 Å². The van der Waals surface area contributed by atoms with Crippen LogP contribution in [0.5, 0.6) is 5.75 Å². The molecule has 0 saturated carbocycles. The zero-order valence-corrected chi connectivity index (χ0v) is 11.8. The maximum absolute atomic E-state index is 12.1. The van der Waals surface area contributed by atoms with E-state index in [-0.39, 0.29) is 23.1 Å².